The maximum absolute atomic E-state index is 11.8. The number of carbonyl (C=O) groups is 1. The molecule has 0 saturated heterocycles. The highest BCUT2D eigenvalue weighted by atomic mass is 16.1. The van der Waals surface area contributed by atoms with Crippen LogP contribution in [0.4, 0.5) is 0 Å². The highest BCUT2D eigenvalue weighted by Gasteiger charge is 2.07. The third-order valence-corrected chi connectivity index (χ3v) is 2.88. The van der Waals surface area contributed by atoms with Gasteiger partial charge < -0.3 is 5.32 Å². The van der Waals surface area contributed by atoms with Gasteiger partial charge in [0.2, 0.25) is 0 Å². The molecule has 100 valence electrons. The van der Waals surface area contributed by atoms with Crippen molar-refractivity contribution in [3.63, 3.8) is 0 Å². The molecule has 1 rings (SSSR count). The third-order valence-electron chi connectivity index (χ3n) is 2.88. The van der Waals surface area contributed by atoms with Gasteiger partial charge in [-0.3, -0.25) is 9.78 Å². The van der Waals surface area contributed by atoms with Gasteiger partial charge in [-0.1, -0.05) is 27.7 Å². The minimum Gasteiger partial charge on any atom is -0.352 e. The molecule has 1 amide bonds. The monoisotopic (exact) mass is 248 g/mol. The average molecular weight is 248 g/mol. The van der Waals surface area contributed by atoms with Crippen molar-refractivity contribution in [2.24, 2.45) is 5.92 Å². The lowest BCUT2D eigenvalue weighted by Crippen LogP contribution is -2.24. The van der Waals surface area contributed by atoms with Crippen LogP contribution in [0.15, 0.2) is 18.3 Å². The number of pyridine rings is 1. The van der Waals surface area contributed by atoms with E-state index in [1.807, 2.05) is 12.1 Å². The van der Waals surface area contributed by atoms with Gasteiger partial charge in [0.05, 0.1) is 5.56 Å². The van der Waals surface area contributed by atoms with Gasteiger partial charge in [-0.25, -0.2) is 0 Å². The summed E-state index contributed by atoms with van der Waals surface area (Å²) in [7, 11) is 0. The molecule has 0 aliphatic carbocycles. The van der Waals surface area contributed by atoms with E-state index >= 15 is 0 Å². The minimum absolute atomic E-state index is 0.0263. The number of rotatable bonds is 6. The van der Waals surface area contributed by atoms with E-state index in [4.69, 9.17) is 0 Å². The van der Waals surface area contributed by atoms with Crippen LogP contribution in [0.1, 0.15) is 62.5 Å². The maximum atomic E-state index is 11.8. The normalized spacial score (nSPS) is 11.0. The van der Waals surface area contributed by atoms with E-state index in [0.717, 1.165) is 25.1 Å². The van der Waals surface area contributed by atoms with Crippen molar-refractivity contribution < 1.29 is 4.79 Å². The molecule has 0 radical (unpaired) electrons. The van der Waals surface area contributed by atoms with Crippen LogP contribution in [0.2, 0.25) is 0 Å². The van der Waals surface area contributed by atoms with E-state index in [2.05, 4.69) is 38.0 Å². The first-order chi connectivity index (χ1) is 8.50. The lowest BCUT2D eigenvalue weighted by molar-refractivity contribution is 0.0952. The van der Waals surface area contributed by atoms with Crippen molar-refractivity contribution in [2.45, 2.75) is 46.5 Å². The van der Waals surface area contributed by atoms with Gasteiger partial charge in [-0.15, -0.1) is 0 Å². The number of hydrogen-bond acceptors (Lipinski definition) is 2. The van der Waals surface area contributed by atoms with Gasteiger partial charge >= 0.3 is 0 Å². The Morgan fingerprint density at radius 1 is 1.28 bits per heavy atom. The van der Waals surface area contributed by atoms with Gasteiger partial charge in [0.15, 0.2) is 0 Å². The molecule has 3 heteroatoms. The Bertz CT molecular complexity index is 369. The average Bonchev–Trinajstić information content (AvgIpc) is 2.34. The predicted octanol–water partition coefficient (Wildman–Crippen LogP) is 3.37. The smallest absolute Gasteiger partial charge is 0.252 e. The van der Waals surface area contributed by atoms with Crippen molar-refractivity contribution in [1.82, 2.24) is 10.3 Å². The maximum Gasteiger partial charge on any atom is 0.252 e. The van der Waals surface area contributed by atoms with Crippen molar-refractivity contribution in [1.29, 1.82) is 0 Å². The first-order valence-electron chi connectivity index (χ1n) is 6.75. The Labute approximate surface area is 110 Å². The number of nitrogens with zero attached hydrogens (tertiary/aromatic N) is 1. The summed E-state index contributed by atoms with van der Waals surface area (Å²) in [4.78, 5) is 16.1. The number of carbonyl (C=O) groups excluding carboxylic acids is 1. The van der Waals surface area contributed by atoms with Gasteiger partial charge in [-0.2, -0.15) is 0 Å². The summed E-state index contributed by atoms with van der Waals surface area (Å²) in [5.41, 5.74) is 1.66. The molecule has 0 bridgehead atoms. The summed E-state index contributed by atoms with van der Waals surface area (Å²) in [6.07, 6.45) is 3.83. The van der Waals surface area contributed by atoms with Crippen LogP contribution in [-0.4, -0.2) is 17.4 Å². The largest absolute Gasteiger partial charge is 0.352 e. The van der Waals surface area contributed by atoms with Gasteiger partial charge in [-0.05, 0) is 36.8 Å². The number of amides is 1. The van der Waals surface area contributed by atoms with E-state index in [9.17, 15) is 4.79 Å². The van der Waals surface area contributed by atoms with E-state index in [1.54, 1.807) is 6.20 Å². The molecule has 0 aliphatic heterocycles. The van der Waals surface area contributed by atoms with E-state index in [1.165, 1.54) is 0 Å². The van der Waals surface area contributed by atoms with Crippen molar-refractivity contribution in [3.05, 3.63) is 29.6 Å². The first kappa shape index (κ1) is 14.7. The zero-order valence-electron chi connectivity index (χ0n) is 11.9. The van der Waals surface area contributed by atoms with E-state index in [-0.39, 0.29) is 5.91 Å². The number of hydrogen-bond donors (Lipinski definition) is 1. The van der Waals surface area contributed by atoms with Crippen LogP contribution in [0, 0.1) is 5.92 Å². The van der Waals surface area contributed by atoms with Gasteiger partial charge in [0, 0.05) is 18.4 Å². The fraction of sp³-hybridized carbons (Fsp3) is 0.600. The first-order valence-corrected chi connectivity index (χ1v) is 6.75. The van der Waals surface area contributed by atoms with Crippen LogP contribution < -0.4 is 5.32 Å². The van der Waals surface area contributed by atoms with Crippen LogP contribution >= 0.6 is 0 Å². The summed E-state index contributed by atoms with van der Waals surface area (Å²) in [6, 6.07) is 3.77. The third kappa shape index (κ3) is 4.86. The van der Waals surface area contributed by atoms with Crippen LogP contribution in [0.25, 0.3) is 0 Å². The topological polar surface area (TPSA) is 42.0 Å². The number of nitrogens with one attached hydrogen (secondary N) is 1. The zero-order valence-corrected chi connectivity index (χ0v) is 11.9. The minimum atomic E-state index is -0.0263. The fourth-order valence-electron chi connectivity index (χ4n) is 1.70. The Morgan fingerprint density at radius 3 is 2.50 bits per heavy atom. The van der Waals surface area contributed by atoms with Crippen molar-refractivity contribution in [2.75, 3.05) is 6.54 Å². The molecular weight excluding hydrogens is 224 g/mol. The highest BCUT2D eigenvalue weighted by Crippen LogP contribution is 2.11. The molecule has 1 N–H and O–H groups in total. The molecule has 0 unspecified atom stereocenters. The Balaban J connectivity index is 2.42. The van der Waals surface area contributed by atoms with E-state index in [0.29, 0.717) is 17.4 Å². The molecular formula is C15H24N2O. The molecule has 0 spiro atoms. The van der Waals surface area contributed by atoms with Crippen LogP contribution in [0.3, 0.4) is 0 Å². The predicted molar refractivity (Wildman–Crippen MR) is 74.7 cm³/mol. The summed E-state index contributed by atoms with van der Waals surface area (Å²) < 4.78 is 0. The molecule has 0 atom stereocenters. The number of aromatic nitrogens is 1. The van der Waals surface area contributed by atoms with Crippen molar-refractivity contribution in [3.8, 4) is 0 Å². The van der Waals surface area contributed by atoms with Crippen molar-refractivity contribution >= 4 is 5.91 Å². The molecule has 0 aliphatic rings. The second-order valence-electron chi connectivity index (χ2n) is 5.42. The molecule has 3 nitrogen and oxygen atoms in total. The summed E-state index contributed by atoms with van der Waals surface area (Å²) in [5.74, 6) is 1.06. The molecule has 18 heavy (non-hydrogen) atoms. The standard InChI is InChI=1S/C15H24N2O/c1-11(2)6-5-9-16-15(18)13-7-8-14(12(3)4)17-10-13/h7-8,10-12H,5-6,9H2,1-4H3,(H,16,18). The lowest BCUT2D eigenvalue weighted by atomic mass is 10.1. The Kier molecular flexibility index (Phi) is 5.83. The second kappa shape index (κ2) is 7.14. The van der Waals surface area contributed by atoms with Gasteiger partial charge in [0.25, 0.3) is 5.91 Å². The molecule has 0 fully saturated rings. The molecule has 1 aromatic heterocycles. The summed E-state index contributed by atoms with van der Waals surface area (Å²) in [5, 5.41) is 2.92. The quantitative estimate of drug-likeness (QED) is 0.784. The molecule has 1 aromatic rings. The summed E-state index contributed by atoms with van der Waals surface area (Å²) >= 11 is 0. The van der Waals surface area contributed by atoms with E-state index < -0.39 is 0 Å². The SMILES string of the molecule is CC(C)CCCNC(=O)c1ccc(C(C)C)nc1. The molecule has 0 saturated carbocycles. The van der Waals surface area contributed by atoms with Crippen LogP contribution in [-0.2, 0) is 0 Å². The Morgan fingerprint density at radius 2 is 2.00 bits per heavy atom. The van der Waals surface area contributed by atoms with Gasteiger partial charge in [0.1, 0.15) is 0 Å². The summed E-state index contributed by atoms with van der Waals surface area (Å²) in [6.45, 7) is 9.30. The zero-order chi connectivity index (χ0) is 13.5. The Hall–Kier alpha value is -1.38. The molecule has 0 aromatic carbocycles. The second-order valence-corrected chi connectivity index (χ2v) is 5.42. The van der Waals surface area contributed by atoms with Crippen LogP contribution in [0.5, 0.6) is 0 Å². The lowest BCUT2D eigenvalue weighted by Gasteiger charge is -2.08. The fourth-order valence-corrected chi connectivity index (χ4v) is 1.70. The molecule has 1 heterocycles. The highest BCUT2D eigenvalue weighted by molar-refractivity contribution is 5.93.